The van der Waals surface area contributed by atoms with Crippen LogP contribution >= 0.6 is 0 Å². The lowest BCUT2D eigenvalue weighted by atomic mass is 10.0. The molecule has 0 rings (SSSR count). The Morgan fingerprint density at radius 2 is 0.557 bits per heavy atom. The zero-order chi connectivity index (χ0) is 57.1. The number of esters is 3. The molecule has 0 aromatic heterocycles. The highest BCUT2D eigenvalue weighted by molar-refractivity contribution is 5.72. The Labute approximate surface area is 485 Å². The number of ether oxygens (including phenoxy) is 3. The van der Waals surface area contributed by atoms with Crippen LogP contribution in [0.5, 0.6) is 0 Å². The van der Waals surface area contributed by atoms with Gasteiger partial charge in [-0.05, 0) is 128 Å². The Morgan fingerprint density at radius 3 is 0.924 bits per heavy atom. The van der Waals surface area contributed by atoms with Gasteiger partial charge in [-0.15, -0.1) is 0 Å². The molecule has 0 saturated heterocycles. The largest absolute Gasteiger partial charge is 0.462 e. The topological polar surface area (TPSA) is 78.9 Å². The van der Waals surface area contributed by atoms with Crippen LogP contribution in [0.3, 0.4) is 0 Å². The molecular formula is C73H114O6. The number of hydrogen-bond acceptors (Lipinski definition) is 6. The first-order valence-electron chi connectivity index (χ1n) is 31.6. The molecular weight excluding hydrogens is 973 g/mol. The highest BCUT2D eigenvalue weighted by Crippen LogP contribution is 2.14. The number of carbonyl (C=O) groups is 3. The molecule has 442 valence electrons. The molecule has 0 amide bonds. The van der Waals surface area contributed by atoms with Gasteiger partial charge in [0.1, 0.15) is 13.2 Å². The summed E-state index contributed by atoms with van der Waals surface area (Å²) >= 11 is 0. The van der Waals surface area contributed by atoms with Crippen molar-refractivity contribution in [3.05, 3.63) is 170 Å². The first-order valence-corrected chi connectivity index (χ1v) is 31.6. The third kappa shape index (κ3) is 63.5. The molecule has 0 aromatic carbocycles. The van der Waals surface area contributed by atoms with Crippen molar-refractivity contribution in [1.29, 1.82) is 0 Å². The average Bonchev–Trinajstić information content (AvgIpc) is 3.45. The first kappa shape index (κ1) is 73.8. The summed E-state index contributed by atoms with van der Waals surface area (Å²) in [5.41, 5.74) is 0. The van der Waals surface area contributed by atoms with E-state index in [-0.39, 0.29) is 44.4 Å². The Hall–Kier alpha value is -5.23. The minimum Gasteiger partial charge on any atom is -0.462 e. The van der Waals surface area contributed by atoms with Crippen LogP contribution in [0, 0.1) is 0 Å². The van der Waals surface area contributed by atoms with Gasteiger partial charge in [0.05, 0.1) is 6.42 Å². The number of carbonyl (C=O) groups excluding carboxylic acids is 3. The summed E-state index contributed by atoms with van der Waals surface area (Å²) in [4.78, 5) is 38.2. The van der Waals surface area contributed by atoms with E-state index in [9.17, 15) is 14.4 Å². The van der Waals surface area contributed by atoms with Crippen molar-refractivity contribution < 1.29 is 28.6 Å². The number of rotatable bonds is 55. The van der Waals surface area contributed by atoms with Gasteiger partial charge in [-0.3, -0.25) is 14.4 Å². The summed E-state index contributed by atoms with van der Waals surface area (Å²) in [5, 5.41) is 0. The van der Waals surface area contributed by atoms with E-state index in [0.29, 0.717) is 6.42 Å². The minimum atomic E-state index is -0.853. The van der Waals surface area contributed by atoms with E-state index in [0.717, 1.165) is 109 Å². The molecule has 0 bridgehead atoms. The Balaban J connectivity index is 4.56. The molecule has 6 heteroatoms. The normalized spacial score (nSPS) is 13.3. The predicted molar refractivity (Wildman–Crippen MR) is 343 cm³/mol. The number of hydrogen-bond donors (Lipinski definition) is 0. The fourth-order valence-corrected chi connectivity index (χ4v) is 8.06. The van der Waals surface area contributed by atoms with Crippen molar-refractivity contribution in [2.45, 2.75) is 258 Å². The molecule has 0 saturated carbocycles. The van der Waals surface area contributed by atoms with Gasteiger partial charge >= 0.3 is 17.9 Å². The SMILES string of the molecule is CC/C=C\C/C=C\C/C=C\C/C=C\C/C=C\C/C=C\C/C=C\CCCC(=O)OCC(COC(=O)C/C=C\C/C=C\C/C=C\C/C=C\C/C=C\CC)OC(=O)CCCCCCCCCCCCC/C=C\C/C=C\CCCCCCC. The van der Waals surface area contributed by atoms with Crippen LogP contribution in [0.4, 0.5) is 0 Å². The van der Waals surface area contributed by atoms with Crippen molar-refractivity contribution in [3.8, 4) is 0 Å². The van der Waals surface area contributed by atoms with Crippen LogP contribution < -0.4 is 0 Å². The lowest BCUT2D eigenvalue weighted by molar-refractivity contribution is -0.166. The van der Waals surface area contributed by atoms with Gasteiger partial charge in [0.2, 0.25) is 0 Å². The van der Waals surface area contributed by atoms with E-state index in [4.69, 9.17) is 14.2 Å². The van der Waals surface area contributed by atoms with Gasteiger partial charge in [-0.2, -0.15) is 0 Å². The van der Waals surface area contributed by atoms with Gasteiger partial charge in [0.15, 0.2) is 6.10 Å². The van der Waals surface area contributed by atoms with Crippen LogP contribution in [0.25, 0.3) is 0 Å². The number of allylic oxidation sites excluding steroid dienone is 27. The molecule has 1 atom stereocenters. The van der Waals surface area contributed by atoms with Gasteiger partial charge in [-0.25, -0.2) is 0 Å². The molecule has 0 N–H and O–H groups in total. The smallest absolute Gasteiger partial charge is 0.309 e. The molecule has 0 aliphatic rings. The molecule has 0 radical (unpaired) electrons. The molecule has 0 heterocycles. The van der Waals surface area contributed by atoms with E-state index in [1.54, 1.807) is 6.08 Å². The maximum atomic E-state index is 12.9. The summed E-state index contributed by atoms with van der Waals surface area (Å²) in [6.45, 7) is 6.26. The Morgan fingerprint density at radius 1 is 0.278 bits per heavy atom. The van der Waals surface area contributed by atoms with Crippen LogP contribution in [0.15, 0.2) is 170 Å². The van der Waals surface area contributed by atoms with Crippen molar-refractivity contribution in [3.63, 3.8) is 0 Å². The highest BCUT2D eigenvalue weighted by atomic mass is 16.6. The van der Waals surface area contributed by atoms with Gasteiger partial charge in [0, 0.05) is 12.8 Å². The van der Waals surface area contributed by atoms with E-state index in [1.807, 2.05) is 6.08 Å². The third-order valence-corrected chi connectivity index (χ3v) is 12.7. The third-order valence-electron chi connectivity index (χ3n) is 12.7. The van der Waals surface area contributed by atoms with E-state index in [2.05, 4.69) is 179 Å². The Kier molecular flexibility index (Phi) is 61.0. The summed E-state index contributed by atoms with van der Waals surface area (Å²) < 4.78 is 16.8. The molecule has 6 nitrogen and oxygen atoms in total. The zero-order valence-corrected chi connectivity index (χ0v) is 50.6. The average molecular weight is 1090 g/mol. The summed E-state index contributed by atoms with van der Waals surface area (Å²) in [6, 6.07) is 0. The highest BCUT2D eigenvalue weighted by Gasteiger charge is 2.19. The molecule has 0 aliphatic carbocycles. The zero-order valence-electron chi connectivity index (χ0n) is 50.6. The van der Waals surface area contributed by atoms with E-state index < -0.39 is 12.1 Å². The predicted octanol–water partition coefficient (Wildman–Crippen LogP) is 21.9. The summed E-state index contributed by atoms with van der Waals surface area (Å²) in [6.07, 6.45) is 96.7. The maximum Gasteiger partial charge on any atom is 0.309 e. The molecule has 0 fully saturated rings. The minimum absolute atomic E-state index is 0.108. The number of unbranched alkanes of at least 4 members (excludes halogenated alkanes) is 17. The van der Waals surface area contributed by atoms with Crippen LogP contribution in [0.1, 0.15) is 252 Å². The maximum absolute atomic E-state index is 12.9. The second-order valence-corrected chi connectivity index (χ2v) is 20.2. The van der Waals surface area contributed by atoms with Gasteiger partial charge in [0.25, 0.3) is 0 Å². The van der Waals surface area contributed by atoms with Gasteiger partial charge in [-0.1, -0.05) is 274 Å². The second kappa shape index (κ2) is 65.3. The lowest BCUT2D eigenvalue weighted by Crippen LogP contribution is -2.30. The Bertz CT molecular complexity index is 1820. The van der Waals surface area contributed by atoms with Crippen LogP contribution in [-0.4, -0.2) is 37.2 Å². The van der Waals surface area contributed by atoms with Crippen molar-refractivity contribution in [2.75, 3.05) is 13.2 Å². The summed E-state index contributed by atoms with van der Waals surface area (Å²) in [5.74, 6) is -1.14. The standard InChI is InChI=1S/C73H114O6/c1-4-7-10-13-16-19-22-25-28-30-32-34-36-38-40-42-45-48-51-54-57-60-63-66-72(75)78-69-70(68-77-71(74)65-62-59-56-53-50-47-44-27-24-21-18-15-12-9-6-3)79-73(76)67-64-61-58-55-52-49-46-43-41-39-37-35-33-31-29-26-23-20-17-14-11-8-5-2/h7,9-10,12,16,18-19,21,23,25-28,31-34,38,40,44-45,48,50,53-54,57,59,62,70H,4-6,8,11,13-15,17,20,22,24,29-30,35-37,39,41-43,46-47,49,51-52,55-56,58,60-61,63-69H2,1-3H3/b10-7-,12-9-,19-16-,21-18-,26-23-,28-25-,33-31-,34-32-,40-38-,44-27-,48-45-,53-50-,57-54-,62-59-. The monoisotopic (exact) mass is 1090 g/mol. The van der Waals surface area contributed by atoms with E-state index >= 15 is 0 Å². The van der Waals surface area contributed by atoms with Crippen molar-refractivity contribution >= 4 is 17.9 Å². The van der Waals surface area contributed by atoms with Gasteiger partial charge < -0.3 is 14.2 Å². The molecule has 0 aromatic rings. The molecule has 0 spiro atoms. The first-order chi connectivity index (χ1) is 39.0. The summed E-state index contributed by atoms with van der Waals surface area (Å²) in [7, 11) is 0. The fraction of sp³-hybridized carbons (Fsp3) is 0.575. The van der Waals surface area contributed by atoms with Crippen molar-refractivity contribution in [1.82, 2.24) is 0 Å². The van der Waals surface area contributed by atoms with Crippen LogP contribution in [0.2, 0.25) is 0 Å². The quantitative estimate of drug-likeness (QED) is 0.0261. The molecule has 0 aliphatic heterocycles. The molecule has 79 heavy (non-hydrogen) atoms. The lowest BCUT2D eigenvalue weighted by Gasteiger charge is -2.18. The van der Waals surface area contributed by atoms with E-state index in [1.165, 1.54) is 96.3 Å². The molecule has 1 unspecified atom stereocenters. The second-order valence-electron chi connectivity index (χ2n) is 20.2. The van der Waals surface area contributed by atoms with Crippen LogP contribution in [-0.2, 0) is 28.6 Å². The van der Waals surface area contributed by atoms with Crippen molar-refractivity contribution in [2.24, 2.45) is 0 Å². The fourth-order valence-electron chi connectivity index (χ4n) is 8.06.